The summed E-state index contributed by atoms with van der Waals surface area (Å²) >= 11 is 11.8. The standard InChI is InChI=1S/C12H7Cl2NO2/c13-9-6-11(14)15-10-3-1-7(5-8(9)10)2-4-12(16)17/h1-6H,(H,16,17)/b4-2+. The molecular weight excluding hydrogens is 261 g/mol. The number of aromatic nitrogens is 1. The molecule has 0 aliphatic rings. The molecule has 0 saturated heterocycles. The lowest BCUT2D eigenvalue weighted by atomic mass is 10.1. The third-order valence-corrected chi connectivity index (χ3v) is 2.68. The first-order chi connectivity index (χ1) is 8.06. The molecular formula is C12H7Cl2NO2. The highest BCUT2D eigenvalue weighted by molar-refractivity contribution is 6.37. The Morgan fingerprint density at radius 2 is 2.06 bits per heavy atom. The Labute approximate surface area is 107 Å². The first-order valence-electron chi connectivity index (χ1n) is 4.73. The van der Waals surface area contributed by atoms with Gasteiger partial charge in [0.1, 0.15) is 5.15 Å². The molecule has 0 aliphatic heterocycles. The molecule has 0 unspecified atom stereocenters. The van der Waals surface area contributed by atoms with Gasteiger partial charge in [0.15, 0.2) is 0 Å². The molecule has 2 rings (SSSR count). The van der Waals surface area contributed by atoms with Crippen molar-refractivity contribution in [2.45, 2.75) is 0 Å². The minimum atomic E-state index is -0.995. The van der Waals surface area contributed by atoms with Crippen LogP contribution in [0.5, 0.6) is 0 Å². The lowest BCUT2D eigenvalue weighted by Crippen LogP contribution is -1.86. The number of hydrogen-bond donors (Lipinski definition) is 1. The molecule has 0 aliphatic carbocycles. The van der Waals surface area contributed by atoms with Crippen molar-refractivity contribution in [2.75, 3.05) is 0 Å². The lowest BCUT2D eigenvalue weighted by Gasteiger charge is -2.02. The summed E-state index contributed by atoms with van der Waals surface area (Å²) in [5, 5.41) is 10.1. The molecule has 0 fully saturated rings. The molecule has 3 nitrogen and oxygen atoms in total. The molecule has 1 aromatic carbocycles. The van der Waals surface area contributed by atoms with Gasteiger partial charge in [-0.1, -0.05) is 29.3 Å². The fourth-order valence-corrected chi connectivity index (χ4v) is 1.95. The molecule has 86 valence electrons. The normalized spacial score (nSPS) is 11.2. The van der Waals surface area contributed by atoms with Crippen molar-refractivity contribution >= 4 is 46.2 Å². The van der Waals surface area contributed by atoms with Crippen molar-refractivity contribution in [3.63, 3.8) is 0 Å². The van der Waals surface area contributed by atoms with E-state index < -0.39 is 5.97 Å². The van der Waals surface area contributed by atoms with Crippen molar-refractivity contribution in [1.82, 2.24) is 4.98 Å². The van der Waals surface area contributed by atoms with Gasteiger partial charge >= 0.3 is 5.97 Å². The van der Waals surface area contributed by atoms with Crippen LogP contribution in [-0.2, 0) is 4.79 Å². The summed E-state index contributed by atoms with van der Waals surface area (Å²) in [7, 11) is 0. The van der Waals surface area contributed by atoms with E-state index in [1.165, 1.54) is 6.08 Å². The monoisotopic (exact) mass is 267 g/mol. The second-order valence-corrected chi connectivity index (χ2v) is 4.17. The van der Waals surface area contributed by atoms with Crippen LogP contribution in [0.3, 0.4) is 0 Å². The maximum atomic E-state index is 10.4. The Balaban J connectivity index is 2.54. The van der Waals surface area contributed by atoms with Crippen LogP contribution >= 0.6 is 23.2 Å². The van der Waals surface area contributed by atoms with Gasteiger partial charge in [-0.15, -0.1) is 0 Å². The number of nitrogens with zero attached hydrogens (tertiary/aromatic N) is 1. The Hall–Kier alpha value is -1.58. The largest absolute Gasteiger partial charge is 0.478 e. The molecule has 1 aromatic heterocycles. The van der Waals surface area contributed by atoms with Crippen LogP contribution in [0.4, 0.5) is 0 Å². The first-order valence-corrected chi connectivity index (χ1v) is 5.48. The number of carboxylic acid groups (broad SMARTS) is 1. The zero-order chi connectivity index (χ0) is 12.4. The number of fused-ring (bicyclic) bond motifs is 1. The number of halogens is 2. The van der Waals surface area contributed by atoms with Crippen LogP contribution in [0, 0.1) is 0 Å². The summed E-state index contributed by atoms with van der Waals surface area (Å²) < 4.78 is 0. The van der Waals surface area contributed by atoms with Crippen LogP contribution < -0.4 is 0 Å². The molecule has 0 saturated carbocycles. The van der Waals surface area contributed by atoms with Gasteiger partial charge in [-0.3, -0.25) is 0 Å². The molecule has 0 radical (unpaired) electrons. The second kappa shape index (κ2) is 4.73. The number of pyridine rings is 1. The number of aliphatic carboxylic acids is 1. The van der Waals surface area contributed by atoms with Gasteiger partial charge in [0.05, 0.1) is 10.5 Å². The van der Waals surface area contributed by atoms with E-state index in [2.05, 4.69) is 4.98 Å². The third-order valence-electron chi connectivity index (χ3n) is 2.17. The van der Waals surface area contributed by atoms with E-state index in [0.717, 1.165) is 17.0 Å². The van der Waals surface area contributed by atoms with Crippen LogP contribution in [0.2, 0.25) is 10.2 Å². The predicted octanol–water partition coefficient (Wildman–Crippen LogP) is 3.64. The second-order valence-electron chi connectivity index (χ2n) is 3.37. The van der Waals surface area contributed by atoms with Crippen molar-refractivity contribution < 1.29 is 9.90 Å². The van der Waals surface area contributed by atoms with Crippen molar-refractivity contribution in [2.24, 2.45) is 0 Å². The maximum Gasteiger partial charge on any atom is 0.328 e. The van der Waals surface area contributed by atoms with E-state index in [4.69, 9.17) is 28.3 Å². The summed E-state index contributed by atoms with van der Waals surface area (Å²) in [6, 6.07) is 6.81. The fraction of sp³-hybridized carbons (Fsp3) is 0. The van der Waals surface area contributed by atoms with E-state index in [1.807, 2.05) is 0 Å². The highest BCUT2D eigenvalue weighted by Gasteiger charge is 2.03. The van der Waals surface area contributed by atoms with Crippen LogP contribution in [0.15, 0.2) is 30.3 Å². The van der Waals surface area contributed by atoms with Crippen LogP contribution in [0.1, 0.15) is 5.56 Å². The Kier molecular flexibility index (Phi) is 3.31. The van der Waals surface area contributed by atoms with Gasteiger partial charge < -0.3 is 5.11 Å². The van der Waals surface area contributed by atoms with Crippen LogP contribution in [-0.4, -0.2) is 16.1 Å². The van der Waals surface area contributed by atoms with Gasteiger partial charge in [-0.2, -0.15) is 0 Å². The average Bonchev–Trinajstić information content (AvgIpc) is 2.26. The van der Waals surface area contributed by atoms with E-state index in [1.54, 1.807) is 24.3 Å². The predicted molar refractivity (Wildman–Crippen MR) is 68.4 cm³/mol. The number of rotatable bonds is 2. The Bertz CT molecular complexity index is 623. The van der Waals surface area contributed by atoms with E-state index in [9.17, 15) is 4.79 Å². The van der Waals surface area contributed by atoms with Gasteiger partial charge in [0, 0.05) is 11.5 Å². The summed E-state index contributed by atoms with van der Waals surface area (Å²) in [5.74, 6) is -0.995. The number of hydrogen-bond acceptors (Lipinski definition) is 2. The van der Waals surface area contributed by atoms with Crippen molar-refractivity contribution in [3.05, 3.63) is 46.1 Å². The minimum Gasteiger partial charge on any atom is -0.478 e. The third kappa shape index (κ3) is 2.75. The maximum absolute atomic E-state index is 10.4. The molecule has 5 heteroatoms. The number of carbonyl (C=O) groups is 1. The van der Waals surface area contributed by atoms with Gasteiger partial charge in [0.2, 0.25) is 0 Å². The molecule has 0 atom stereocenters. The van der Waals surface area contributed by atoms with Gasteiger partial charge in [0.25, 0.3) is 0 Å². The van der Waals surface area contributed by atoms with Gasteiger partial charge in [-0.05, 0) is 29.8 Å². The quantitative estimate of drug-likeness (QED) is 0.668. The molecule has 2 aromatic rings. The number of benzene rings is 1. The van der Waals surface area contributed by atoms with E-state index in [0.29, 0.717) is 15.7 Å². The van der Waals surface area contributed by atoms with E-state index in [-0.39, 0.29) is 0 Å². The average molecular weight is 268 g/mol. The highest BCUT2D eigenvalue weighted by Crippen LogP contribution is 2.26. The van der Waals surface area contributed by atoms with Crippen molar-refractivity contribution in [3.8, 4) is 0 Å². The summed E-state index contributed by atoms with van der Waals surface area (Å²) in [4.78, 5) is 14.5. The summed E-state index contributed by atoms with van der Waals surface area (Å²) in [6.45, 7) is 0. The SMILES string of the molecule is O=C(O)/C=C/c1ccc2nc(Cl)cc(Cl)c2c1. The molecule has 1 heterocycles. The first kappa shape index (κ1) is 11.9. The smallest absolute Gasteiger partial charge is 0.328 e. The zero-order valence-corrected chi connectivity index (χ0v) is 10.0. The zero-order valence-electron chi connectivity index (χ0n) is 8.52. The van der Waals surface area contributed by atoms with Crippen LogP contribution in [0.25, 0.3) is 17.0 Å². The van der Waals surface area contributed by atoms with E-state index >= 15 is 0 Å². The lowest BCUT2D eigenvalue weighted by molar-refractivity contribution is -0.131. The minimum absolute atomic E-state index is 0.330. The molecule has 0 spiro atoms. The molecule has 0 amide bonds. The summed E-state index contributed by atoms with van der Waals surface area (Å²) in [6.07, 6.45) is 2.56. The molecule has 1 N–H and O–H groups in total. The molecule has 17 heavy (non-hydrogen) atoms. The fourth-order valence-electron chi connectivity index (χ4n) is 1.44. The Morgan fingerprint density at radius 1 is 1.29 bits per heavy atom. The topological polar surface area (TPSA) is 50.2 Å². The summed E-state index contributed by atoms with van der Waals surface area (Å²) in [5.41, 5.74) is 1.42. The Morgan fingerprint density at radius 3 is 2.76 bits per heavy atom. The van der Waals surface area contributed by atoms with Crippen molar-refractivity contribution in [1.29, 1.82) is 0 Å². The molecule has 0 bridgehead atoms. The number of carboxylic acids is 1. The highest BCUT2D eigenvalue weighted by atomic mass is 35.5. The van der Waals surface area contributed by atoms with Gasteiger partial charge in [-0.25, -0.2) is 9.78 Å².